The van der Waals surface area contributed by atoms with Crippen LogP contribution in [0.1, 0.15) is 33.3 Å². The Hall–Kier alpha value is -3.54. The van der Waals surface area contributed by atoms with Gasteiger partial charge >= 0.3 is 5.97 Å². The Morgan fingerprint density at radius 3 is 2.79 bits per heavy atom. The third kappa shape index (κ3) is 5.75. The molecule has 5 rings (SSSR count). The van der Waals surface area contributed by atoms with Gasteiger partial charge in [0, 0.05) is 11.6 Å². The van der Waals surface area contributed by atoms with Crippen molar-refractivity contribution in [3.05, 3.63) is 79.4 Å². The lowest BCUT2D eigenvalue weighted by Crippen LogP contribution is -2.27. The Balaban J connectivity index is 1.45. The molecule has 1 aliphatic rings. The maximum Gasteiger partial charge on any atom is 0.348 e. The van der Waals surface area contributed by atoms with Crippen LogP contribution in [0.3, 0.4) is 0 Å². The fraction of sp³-hybridized carbons (Fsp3) is 0.259. The fourth-order valence-electron chi connectivity index (χ4n) is 4.08. The SMILES string of the molecule is CCOC(=O)c1sc2nc(SCC(=O)NCc3ccccc3Cl)n(Cc3ccc4c(c3)OCO4)c(=O)c2c1C. The highest BCUT2D eigenvalue weighted by Gasteiger charge is 2.23. The van der Waals surface area contributed by atoms with Crippen molar-refractivity contribution in [1.29, 1.82) is 0 Å². The van der Waals surface area contributed by atoms with Crippen molar-refractivity contribution in [2.24, 2.45) is 0 Å². The Bertz CT molecular complexity index is 1630. The van der Waals surface area contributed by atoms with Crippen molar-refractivity contribution < 1.29 is 23.8 Å². The first-order valence-electron chi connectivity index (χ1n) is 12.1. The molecular weight excluding hydrogens is 562 g/mol. The van der Waals surface area contributed by atoms with E-state index in [1.807, 2.05) is 30.3 Å². The number of benzene rings is 2. The second kappa shape index (κ2) is 11.7. The Morgan fingerprint density at radius 2 is 2.00 bits per heavy atom. The zero-order chi connectivity index (χ0) is 27.5. The van der Waals surface area contributed by atoms with Crippen LogP contribution in [0.25, 0.3) is 10.2 Å². The second-order valence-electron chi connectivity index (χ2n) is 8.59. The summed E-state index contributed by atoms with van der Waals surface area (Å²) in [7, 11) is 0. The average molecular weight is 586 g/mol. The van der Waals surface area contributed by atoms with E-state index in [4.69, 9.17) is 30.8 Å². The molecule has 202 valence electrons. The molecule has 12 heteroatoms. The van der Waals surface area contributed by atoms with Gasteiger partial charge in [-0.05, 0) is 48.7 Å². The van der Waals surface area contributed by atoms with Crippen molar-refractivity contribution >= 4 is 56.8 Å². The van der Waals surface area contributed by atoms with Crippen LogP contribution in [0, 0.1) is 6.92 Å². The van der Waals surface area contributed by atoms with Gasteiger partial charge in [0.1, 0.15) is 9.71 Å². The highest BCUT2D eigenvalue weighted by Crippen LogP contribution is 2.34. The first kappa shape index (κ1) is 27.0. The molecule has 3 heterocycles. The van der Waals surface area contributed by atoms with E-state index in [2.05, 4.69) is 5.32 Å². The summed E-state index contributed by atoms with van der Waals surface area (Å²) >= 11 is 8.44. The van der Waals surface area contributed by atoms with E-state index in [-0.39, 0.29) is 43.7 Å². The second-order valence-corrected chi connectivity index (χ2v) is 10.9. The molecule has 4 aromatic rings. The van der Waals surface area contributed by atoms with Crippen molar-refractivity contribution in [3.63, 3.8) is 0 Å². The van der Waals surface area contributed by atoms with E-state index in [0.29, 0.717) is 42.3 Å². The summed E-state index contributed by atoms with van der Waals surface area (Å²) in [5.41, 5.74) is 1.82. The number of hydrogen-bond donors (Lipinski definition) is 1. The molecule has 0 spiro atoms. The monoisotopic (exact) mass is 585 g/mol. The van der Waals surface area contributed by atoms with E-state index < -0.39 is 5.97 Å². The molecule has 0 aliphatic carbocycles. The first-order chi connectivity index (χ1) is 18.9. The molecule has 0 saturated carbocycles. The summed E-state index contributed by atoms with van der Waals surface area (Å²) in [6, 6.07) is 12.7. The topological polar surface area (TPSA) is 109 Å². The van der Waals surface area contributed by atoms with Gasteiger partial charge in [0.15, 0.2) is 16.7 Å². The van der Waals surface area contributed by atoms with Crippen LogP contribution in [0.4, 0.5) is 0 Å². The molecule has 1 amide bonds. The number of thiophene rings is 1. The van der Waals surface area contributed by atoms with Crippen molar-refractivity contribution in [3.8, 4) is 11.5 Å². The van der Waals surface area contributed by atoms with Crippen LogP contribution in [0.15, 0.2) is 52.4 Å². The number of amides is 1. The van der Waals surface area contributed by atoms with Gasteiger partial charge < -0.3 is 19.5 Å². The zero-order valence-corrected chi connectivity index (χ0v) is 23.5. The molecular formula is C27H24ClN3O6S2. The normalized spacial score (nSPS) is 12.1. The van der Waals surface area contributed by atoms with Gasteiger partial charge in [-0.15, -0.1) is 11.3 Å². The first-order valence-corrected chi connectivity index (χ1v) is 14.3. The smallest absolute Gasteiger partial charge is 0.348 e. The number of aryl methyl sites for hydroxylation is 1. The zero-order valence-electron chi connectivity index (χ0n) is 21.1. The molecule has 1 N–H and O–H groups in total. The van der Waals surface area contributed by atoms with Gasteiger partial charge in [-0.25, -0.2) is 9.78 Å². The van der Waals surface area contributed by atoms with Gasteiger partial charge in [-0.1, -0.05) is 47.6 Å². The number of nitrogens with zero attached hydrogens (tertiary/aromatic N) is 2. The number of carbonyl (C=O) groups excluding carboxylic acids is 2. The van der Waals surface area contributed by atoms with Gasteiger partial charge in [0.25, 0.3) is 5.56 Å². The summed E-state index contributed by atoms with van der Waals surface area (Å²) < 4.78 is 17.6. The lowest BCUT2D eigenvalue weighted by molar-refractivity contribution is -0.118. The van der Waals surface area contributed by atoms with E-state index in [1.165, 1.54) is 4.57 Å². The Morgan fingerprint density at radius 1 is 1.21 bits per heavy atom. The minimum atomic E-state index is -0.493. The van der Waals surface area contributed by atoms with E-state index >= 15 is 0 Å². The molecule has 0 saturated heterocycles. The quantitative estimate of drug-likeness (QED) is 0.170. The number of carbonyl (C=O) groups is 2. The summed E-state index contributed by atoms with van der Waals surface area (Å²) in [6.45, 7) is 4.27. The Labute approximate surface area is 237 Å². The molecule has 2 aromatic heterocycles. The molecule has 2 aromatic carbocycles. The molecule has 0 radical (unpaired) electrons. The molecule has 0 fully saturated rings. The molecule has 0 atom stereocenters. The molecule has 0 unspecified atom stereocenters. The number of thioether (sulfide) groups is 1. The highest BCUT2D eigenvalue weighted by molar-refractivity contribution is 7.99. The standard InChI is InChI=1S/C27H24ClN3O6S2/c1-3-35-26(34)23-15(2)22-24(39-23)30-27(38-13-21(32)29-11-17-6-4-5-7-18(17)28)31(25(22)33)12-16-8-9-19-20(10-16)37-14-36-19/h4-10H,3,11-14H2,1-2H3,(H,29,32). The third-order valence-corrected chi connectivity index (χ3v) is 8.53. The van der Waals surface area contributed by atoms with Crippen LogP contribution >= 0.6 is 34.7 Å². The summed E-state index contributed by atoms with van der Waals surface area (Å²) in [5.74, 6) is 0.529. The van der Waals surface area contributed by atoms with Gasteiger partial charge in [0.05, 0.1) is 24.3 Å². The van der Waals surface area contributed by atoms with E-state index in [1.54, 1.807) is 26.0 Å². The minimum Gasteiger partial charge on any atom is -0.462 e. The lowest BCUT2D eigenvalue weighted by Gasteiger charge is -2.13. The maximum absolute atomic E-state index is 13.8. The van der Waals surface area contributed by atoms with Crippen LogP contribution in [-0.4, -0.2) is 40.6 Å². The van der Waals surface area contributed by atoms with Gasteiger partial charge in [0.2, 0.25) is 12.7 Å². The van der Waals surface area contributed by atoms with Crippen LogP contribution in [-0.2, 0) is 22.6 Å². The minimum absolute atomic E-state index is 0.0264. The fourth-order valence-corrected chi connectivity index (χ4v) is 6.22. The van der Waals surface area contributed by atoms with Crippen LogP contribution in [0.2, 0.25) is 5.02 Å². The number of hydrogen-bond acceptors (Lipinski definition) is 9. The summed E-state index contributed by atoms with van der Waals surface area (Å²) in [6.07, 6.45) is 0. The predicted molar refractivity (Wildman–Crippen MR) is 150 cm³/mol. The van der Waals surface area contributed by atoms with Crippen LogP contribution < -0.4 is 20.3 Å². The number of ether oxygens (including phenoxy) is 3. The molecule has 9 nitrogen and oxygen atoms in total. The highest BCUT2D eigenvalue weighted by atomic mass is 35.5. The van der Waals surface area contributed by atoms with E-state index in [0.717, 1.165) is 34.2 Å². The predicted octanol–water partition coefficient (Wildman–Crippen LogP) is 4.78. The van der Waals surface area contributed by atoms with E-state index in [9.17, 15) is 14.4 Å². The largest absolute Gasteiger partial charge is 0.462 e. The van der Waals surface area contributed by atoms with Crippen molar-refractivity contribution in [1.82, 2.24) is 14.9 Å². The number of fused-ring (bicyclic) bond motifs is 2. The lowest BCUT2D eigenvalue weighted by atomic mass is 10.2. The molecule has 39 heavy (non-hydrogen) atoms. The number of rotatable bonds is 9. The van der Waals surface area contributed by atoms with Crippen LogP contribution in [0.5, 0.6) is 11.5 Å². The van der Waals surface area contributed by atoms with Crippen molar-refractivity contribution in [2.45, 2.75) is 32.1 Å². The molecule has 0 bridgehead atoms. The maximum atomic E-state index is 13.8. The number of aromatic nitrogens is 2. The number of halogens is 1. The average Bonchev–Trinajstić information content (AvgIpc) is 3.52. The van der Waals surface area contributed by atoms with Gasteiger partial charge in [-0.2, -0.15) is 0 Å². The number of nitrogens with one attached hydrogen (secondary N) is 1. The summed E-state index contributed by atoms with van der Waals surface area (Å²) in [4.78, 5) is 44.4. The third-order valence-electron chi connectivity index (χ3n) is 6.02. The van der Waals surface area contributed by atoms with Gasteiger partial charge in [-0.3, -0.25) is 14.2 Å². The molecule has 1 aliphatic heterocycles. The number of esters is 1. The Kier molecular flexibility index (Phi) is 8.10. The summed E-state index contributed by atoms with van der Waals surface area (Å²) in [5, 5.41) is 4.14. The van der Waals surface area contributed by atoms with Crippen molar-refractivity contribution in [2.75, 3.05) is 19.2 Å².